The molecule has 0 amide bonds. The summed E-state index contributed by atoms with van der Waals surface area (Å²) in [6.07, 6.45) is 1.63. The standard InChI is InChI=1S/C11H12N4O3/c1-7-5-14-11(18-7)6-13-8-2-3-10(15(16)17)9(12)4-8/h2-5,13H,6,12H2,1H3. The van der Waals surface area contributed by atoms with Gasteiger partial charge in [0.25, 0.3) is 5.69 Å². The summed E-state index contributed by atoms with van der Waals surface area (Å²) in [6, 6.07) is 4.46. The molecule has 2 aromatic rings. The van der Waals surface area contributed by atoms with Crippen molar-refractivity contribution in [1.29, 1.82) is 0 Å². The molecule has 0 aliphatic rings. The number of rotatable bonds is 4. The smallest absolute Gasteiger partial charge is 0.292 e. The van der Waals surface area contributed by atoms with E-state index in [1.165, 1.54) is 12.1 Å². The van der Waals surface area contributed by atoms with Gasteiger partial charge < -0.3 is 15.5 Å². The molecule has 0 fully saturated rings. The van der Waals surface area contributed by atoms with Crippen LogP contribution in [0.25, 0.3) is 0 Å². The Kier molecular flexibility index (Phi) is 3.13. The van der Waals surface area contributed by atoms with Gasteiger partial charge in [-0.1, -0.05) is 0 Å². The molecule has 0 unspecified atom stereocenters. The first-order chi connectivity index (χ1) is 8.56. The van der Waals surface area contributed by atoms with Crippen LogP contribution in [0, 0.1) is 17.0 Å². The topological polar surface area (TPSA) is 107 Å². The summed E-state index contributed by atoms with van der Waals surface area (Å²) in [6.45, 7) is 2.20. The zero-order valence-electron chi connectivity index (χ0n) is 9.71. The zero-order chi connectivity index (χ0) is 13.1. The third-order valence-electron chi connectivity index (χ3n) is 2.34. The Hall–Kier alpha value is -2.57. The van der Waals surface area contributed by atoms with E-state index in [1.54, 1.807) is 19.2 Å². The lowest BCUT2D eigenvalue weighted by Gasteiger charge is -2.05. The summed E-state index contributed by atoms with van der Waals surface area (Å²) >= 11 is 0. The van der Waals surface area contributed by atoms with E-state index in [-0.39, 0.29) is 11.4 Å². The van der Waals surface area contributed by atoms with Crippen molar-refractivity contribution in [3.63, 3.8) is 0 Å². The third-order valence-corrected chi connectivity index (χ3v) is 2.34. The van der Waals surface area contributed by atoms with Gasteiger partial charge in [-0.2, -0.15) is 0 Å². The summed E-state index contributed by atoms with van der Waals surface area (Å²) < 4.78 is 5.28. The second kappa shape index (κ2) is 4.74. The fourth-order valence-electron chi connectivity index (χ4n) is 1.49. The van der Waals surface area contributed by atoms with Gasteiger partial charge in [0.05, 0.1) is 17.7 Å². The van der Waals surface area contributed by atoms with E-state index < -0.39 is 4.92 Å². The number of oxazole rings is 1. The minimum Gasteiger partial charge on any atom is -0.444 e. The van der Waals surface area contributed by atoms with Crippen molar-refractivity contribution in [1.82, 2.24) is 4.98 Å². The van der Waals surface area contributed by atoms with Crippen LogP contribution in [0.3, 0.4) is 0 Å². The lowest BCUT2D eigenvalue weighted by Crippen LogP contribution is -2.01. The second-order valence-corrected chi connectivity index (χ2v) is 3.75. The highest BCUT2D eigenvalue weighted by atomic mass is 16.6. The SMILES string of the molecule is Cc1cnc(CNc2ccc([N+](=O)[O-])c(N)c2)o1. The second-order valence-electron chi connectivity index (χ2n) is 3.75. The number of nitro benzene ring substituents is 1. The van der Waals surface area contributed by atoms with Gasteiger partial charge in [-0.3, -0.25) is 10.1 Å². The number of hydrogen-bond acceptors (Lipinski definition) is 6. The average molecular weight is 248 g/mol. The zero-order valence-corrected chi connectivity index (χ0v) is 9.71. The van der Waals surface area contributed by atoms with Crippen LogP contribution in [0.2, 0.25) is 0 Å². The van der Waals surface area contributed by atoms with Gasteiger partial charge in [0.15, 0.2) is 0 Å². The quantitative estimate of drug-likeness (QED) is 0.487. The Morgan fingerprint density at radius 1 is 1.56 bits per heavy atom. The van der Waals surface area contributed by atoms with Crippen molar-refractivity contribution in [2.24, 2.45) is 0 Å². The molecule has 0 atom stereocenters. The van der Waals surface area contributed by atoms with E-state index >= 15 is 0 Å². The Morgan fingerprint density at radius 3 is 2.89 bits per heavy atom. The van der Waals surface area contributed by atoms with Crippen LogP contribution >= 0.6 is 0 Å². The molecule has 0 aliphatic carbocycles. The van der Waals surface area contributed by atoms with Crippen LogP contribution in [0.5, 0.6) is 0 Å². The molecular formula is C11H12N4O3. The first-order valence-corrected chi connectivity index (χ1v) is 5.25. The van der Waals surface area contributed by atoms with Gasteiger partial charge >= 0.3 is 0 Å². The lowest BCUT2D eigenvalue weighted by molar-refractivity contribution is -0.383. The number of aromatic nitrogens is 1. The molecule has 7 heteroatoms. The largest absolute Gasteiger partial charge is 0.444 e. The lowest BCUT2D eigenvalue weighted by atomic mass is 10.2. The van der Waals surface area contributed by atoms with Crippen molar-refractivity contribution in [2.75, 3.05) is 11.1 Å². The number of nitrogens with zero attached hydrogens (tertiary/aromatic N) is 2. The molecule has 0 aliphatic heterocycles. The molecule has 0 radical (unpaired) electrons. The number of nitro groups is 1. The number of hydrogen-bond donors (Lipinski definition) is 2. The van der Waals surface area contributed by atoms with Crippen LogP contribution in [0.1, 0.15) is 11.7 Å². The predicted molar refractivity (Wildman–Crippen MR) is 66.1 cm³/mol. The molecule has 18 heavy (non-hydrogen) atoms. The highest BCUT2D eigenvalue weighted by molar-refractivity contribution is 5.65. The van der Waals surface area contributed by atoms with E-state index in [0.717, 1.165) is 5.76 Å². The van der Waals surface area contributed by atoms with Crippen LogP contribution in [-0.4, -0.2) is 9.91 Å². The highest BCUT2D eigenvalue weighted by Crippen LogP contribution is 2.24. The fraction of sp³-hybridized carbons (Fsp3) is 0.182. The molecule has 7 nitrogen and oxygen atoms in total. The monoisotopic (exact) mass is 248 g/mol. The third kappa shape index (κ3) is 2.57. The van der Waals surface area contributed by atoms with Crippen molar-refractivity contribution >= 4 is 17.1 Å². The van der Waals surface area contributed by atoms with Gasteiger partial charge in [0, 0.05) is 11.8 Å². The Balaban J connectivity index is 2.06. The summed E-state index contributed by atoms with van der Waals surface area (Å²) in [5.41, 5.74) is 6.26. The molecule has 0 bridgehead atoms. The maximum Gasteiger partial charge on any atom is 0.292 e. The number of anilines is 2. The summed E-state index contributed by atoms with van der Waals surface area (Å²) in [5, 5.41) is 13.6. The first kappa shape index (κ1) is 11.9. The van der Waals surface area contributed by atoms with E-state index in [0.29, 0.717) is 18.1 Å². The van der Waals surface area contributed by atoms with Crippen molar-refractivity contribution in [2.45, 2.75) is 13.5 Å². The van der Waals surface area contributed by atoms with E-state index in [1.807, 2.05) is 0 Å². The molecule has 1 aromatic carbocycles. The van der Waals surface area contributed by atoms with Gasteiger partial charge in [-0.25, -0.2) is 4.98 Å². The summed E-state index contributed by atoms with van der Waals surface area (Å²) in [5.74, 6) is 1.28. The Morgan fingerprint density at radius 2 is 2.33 bits per heavy atom. The maximum atomic E-state index is 10.6. The summed E-state index contributed by atoms with van der Waals surface area (Å²) in [4.78, 5) is 14.1. The molecule has 94 valence electrons. The molecule has 3 N–H and O–H groups in total. The van der Waals surface area contributed by atoms with Crippen LogP contribution in [0.4, 0.5) is 17.1 Å². The van der Waals surface area contributed by atoms with Gasteiger partial charge in [-0.05, 0) is 19.1 Å². The van der Waals surface area contributed by atoms with E-state index in [9.17, 15) is 10.1 Å². The van der Waals surface area contributed by atoms with Crippen molar-refractivity contribution in [3.8, 4) is 0 Å². The highest BCUT2D eigenvalue weighted by Gasteiger charge is 2.11. The van der Waals surface area contributed by atoms with Gasteiger partial charge in [0.1, 0.15) is 11.4 Å². The average Bonchev–Trinajstić information content (AvgIpc) is 2.72. The Bertz CT molecular complexity index is 579. The minimum atomic E-state index is -0.517. The molecule has 0 spiro atoms. The van der Waals surface area contributed by atoms with E-state index in [4.69, 9.17) is 10.2 Å². The summed E-state index contributed by atoms with van der Waals surface area (Å²) in [7, 11) is 0. The van der Waals surface area contributed by atoms with Crippen molar-refractivity contribution in [3.05, 3.63) is 46.2 Å². The fourth-order valence-corrected chi connectivity index (χ4v) is 1.49. The van der Waals surface area contributed by atoms with Crippen LogP contribution < -0.4 is 11.1 Å². The minimum absolute atomic E-state index is 0.104. The van der Waals surface area contributed by atoms with Gasteiger partial charge in [0.2, 0.25) is 5.89 Å². The normalized spacial score (nSPS) is 10.3. The van der Waals surface area contributed by atoms with Crippen LogP contribution in [0.15, 0.2) is 28.8 Å². The molecule has 1 aromatic heterocycles. The molecular weight excluding hydrogens is 236 g/mol. The van der Waals surface area contributed by atoms with E-state index in [2.05, 4.69) is 10.3 Å². The number of benzene rings is 1. The van der Waals surface area contributed by atoms with Crippen molar-refractivity contribution < 1.29 is 9.34 Å². The predicted octanol–water partition coefficient (Wildman–Crippen LogP) is 2.09. The Labute approximate surface area is 103 Å². The number of nitrogens with one attached hydrogen (secondary N) is 1. The number of nitrogen functional groups attached to an aromatic ring is 1. The van der Waals surface area contributed by atoms with Gasteiger partial charge in [-0.15, -0.1) is 0 Å². The molecule has 1 heterocycles. The maximum absolute atomic E-state index is 10.6. The molecule has 0 saturated heterocycles. The molecule has 0 saturated carbocycles. The molecule has 2 rings (SSSR count). The van der Waals surface area contributed by atoms with Crippen LogP contribution in [-0.2, 0) is 6.54 Å². The number of nitrogens with two attached hydrogens (primary N) is 1. The first-order valence-electron chi connectivity index (χ1n) is 5.25. The number of aryl methyl sites for hydroxylation is 1.